The quantitative estimate of drug-likeness (QED) is 0.377. The van der Waals surface area contributed by atoms with Crippen molar-refractivity contribution in [2.45, 2.75) is 6.42 Å². The van der Waals surface area contributed by atoms with Crippen molar-refractivity contribution in [2.24, 2.45) is 5.16 Å². The second-order valence-corrected chi connectivity index (χ2v) is 3.38. The molecule has 0 aromatic heterocycles. The Morgan fingerprint density at radius 1 is 1.36 bits per heavy atom. The first-order valence-electron chi connectivity index (χ1n) is 3.23. The minimum atomic E-state index is 0.703. The molecule has 0 unspecified atom stereocenters. The zero-order valence-corrected chi connectivity index (χ0v) is 8.02. The molecule has 0 fully saturated rings. The van der Waals surface area contributed by atoms with Gasteiger partial charge in [0.1, 0.15) is 3.72 Å². The van der Waals surface area contributed by atoms with Crippen LogP contribution in [0.4, 0.5) is 0 Å². The summed E-state index contributed by atoms with van der Waals surface area (Å²) in [5.41, 5.74) is 1.16. The first kappa shape index (κ1) is 8.52. The fraction of sp³-hybridized carbons (Fsp3) is 0.125. The molecule has 1 aromatic carbocycles. The molecule has 0 amide bonds. The molecule has 2 nitrogen and oxygen atoms in total. The highest BCUT2D eigenvalue weighted by molar-refractivity contribution is 14.1. The van der Waals surface area contributed by atoms with Gasteiger partial charge < -0.3 is 5.21 Å². The number of hydrogen-bond acceptors (Lipinski definition) is 2. The maximum atomic E-state index is 8.38. The van der Waals surface area contributed by atoms with Gasteiger partial charge in [0.2, 0.25) is 0 Å². The van der Waals surface area contributed by atoms with Crippen LogP contribution in [-0.4, -0.2) is 8.93 Å². The predicted octanol–water partition coefficient (Wildman–Crippen LogP) is 2.45. The van der Waals surface area contributed by atoms with Crippen molar-refractivity contribution in [3.05, 3.63) is 35.9 Å². The smallest absolute Gasteiger partial charge is 0.122 e. The first-order chi connectivity index (χ1) is 5.33. The van der Waals surface area contributed by atoms with Gasteiger partial charge in [-0.25, -0.2) is 0 Å². The Morgan fingerprint density at radius 2 is 2.00 bits per heavy atom. The minimum Gasteiger partial charge on any atom is -0.410 e. The van der Waals surface area contributed by atoms with Gasteiger partial charge in [-0.05, 0) is 28.2 Å². The molecular weight excluding hydrogens is 253 g/mol. The highest BCUT2D eigenvalue weighted by atomic mass is 127. The van der Waals surface area contributed by atoms with Crippen molar-refractivity contribution < 1.29 is 5.21 Å². The number of hydrogen-bond donors (Lipinski definition) is 1. The second kappa shape index (κ2) is 4.33. The van der Waals surface area contributed by atoms with Crippen molar-refractivity contribution in [3.8, 4) is 0 Å². The lowest BCUT2D eigenvalue weighted by atomic mass is 10.2. The van der Waals surface area contributed by atoms with Crippen LogP contribution in [0.15, 0.2) is 35.5 Å². The molecule has 0 aliphatic carbocycles. The average molecular weight is 261 g/mol. The maximum absolute atomic E-state index is 8.38. The topological polar surface area (TPSA) is 32.6 Å². The van der Waals surface area contributed by atoms with Crippen LogP contribution in [0, 0.1) is 0 Å². The molecule has 1 rings (SSSR count). The highest BCUT2D eigenvalue weighted by Gasteiger charge is 1.95. The minimum absolute atomic E-state index is 0.703. The predicted molar refractivity (Wildman–Crippen MR) is 53.4 cm³/mol. The average Bonchev–Trinajstić information content (AvgIpc) is 2.06. The largest absolute Gasteiger partial charge is 0.410 e. The van der Waals surface area contributed by atoms with E-state index in [0.29, 0.717) is 10.1 Å². The van der Waals surface area contributed by atoms with E-state index in [1.54, 1.807) is 0 Å². The van der Waals surface area contributed by atoms with Gasteiger partial charge in [-0.1, -0.05) is 35.5 Å². The SMILES string of the molecule is O/N=C(\I)Cc1ccccc1. The molecule has 1 aromatic rings. The highest BCUT2D eigenvalue weighted by Crippen LogP contribution is 2.04. The molecular formula is C8H8INO. The van der Waals surface area contributed by atoms with E-state index in [0.717, 1.165) is 5.56 Å². The lowest BCUT2D eigenvalue weighted by molar-refractivity contribution is 0.320. The fourth-order valence-corrected chi connectivity index (χ4v) is 1.24. The van der Waals surface area contributed by atoms with Crippen molar-refractivity contribution in [1.82, 2.24) is 0 Å². The van der Waals surface area contributed by atoms with E-state index < -0.39 is 0 Å². The molecule has 0 aliphatic heterocycles. The van der Waals surface area contributed by atoms with Crippen LogP contribution < -0.4 is 0 Å². The van der Waals surface area contributed by atoms with Crippen molar-refractivity contribution in [2.75, 3.05) is 0 Å². The normalized spacial score (nSPS) is 11.5. The Balaban J connectivity index is 2.65. The molecule has 0 atom stereocenters. The zero-order valence-electron chi connectivity index (χ0n) is 5.87. The summed E-state index contributed by atoms with van der Waals surface area (Å²) in [7, 11) is 0. The third-order valence-electron chi connectivity index (χ3n) is 1.30. The molecule has 1 N–H and O–H groups in total. The van der Waals surface area contributed by atoms with Crippen LogP contribution in [0.3, 0.4) is 0 Å². The summed E-state index contributed by atoms with van der Waals surface area (Å²) in [4.78, 5) is 0. The van der Waals surface area contributed by atoms with Crippen LogP contribution >= 0.6 is 22.6 Å². The number of benzene rings is 1. The van der Waals surface area contributed by atoms with Gasteiger partial charge >= 0.3 is 0 Å². The van der Waals surface area contributed by atoms with Crippen molar-refractivity contribution in [3.63, 3.8) is 0 Å². The van der Waals surface area contributed by atoms with Gasteiger partial charge in [0.15, 0.2) is 0 Å². The molecule has 3 heteroatoms. The monoisotopic (exact) mass is 261 g/mol. The van der Waals surface area contributed by atoms with Crippen LogP contribution in [-0.2, 0) is 6.42 Å². The molecule has 11 heavy (non-hydrogen) atoms. The summed E-state index contributed by atoms with van der Waals surface area (Å²) in [5.74, 6) is 0. The molecule has 0 spiro atoms. The molecule has 58 valence electrons. The number of halogens is 1. The molecule has 0 heterocycles. The summed E-state index contributed by atoms with van der Waals surface area (Å²) >= 11 is 2.01. The summed E-state index contributed by atoms with van der Waals surface area (Å²) in [6.07, 6.45) is 0.706. The summed E-state index contributed by atoms with van der Waals surface area (Å²) in [5, 5.41) is 11.5. The molecule has 0 saturated heterocycles. The Hall–Kier alpha value is -0.580. The van der Waals surface area contributed by atoms with Gasteiger partial charge in [0.25, 0.3) is 0 Å². The number of rotatable bonds is 2. The lowest BCUT2D eigenvalue weighted by Crippen LogP contribution is -1.92. The van der Waals surface area contributed by atoms with Crippen molar-refractivity contribution >= 4 is 26.3 Å². The molecule has 0 aliphatic rings. The van der Waals surface area contributed by atoms with E-state index in [-0.39, 0.29) is 0 Å². The van der Waals surface area contributed by atoms with E-state index in [1.807, 2.05) is 52.9 Å². The van der Waals surface area contributed by atoms with E-state index in [9.17, 15) is 0 Å². The molecule has 0 bridgehead atoms. The standard InChI is InChI=1S/C8H8INO/c9-8(10-11)6-7-4-2-1-3-5-7/h1-5,11H,6H2/b10-8-. The summed E-state index contributed by atoms with van der Waals surface area (Å²) in [6, 6.07) is 9.91. The maximum Gasteiger partial charge on any atom is 0.122 e. The Bertz CT molecular complexity index is 246. The summed E-state index contributed by atoms with van der Waals surface area (Å²) < 4.78 is 0.703. The van der Waals surface area contributed by atoms with Gasteiger partial charge in [0.05, 0.1) is 0 Å². The Kier molecular flexibility index (Phi) is 3.35. The zero-order chi connectivity index (χ0) is 8.10. The second-order valence-electron chi connectivity index (χ2n) is 2.14. The van der Waals surface area contributed by atoms with Crippen LogP contribution in [0.25, 0.3) is 0 Å². The Labute approximate surface area is 79.1 Å². The third-order valence-corrected chi connectivity index (χ3v) is 1.90. The van der Waals surface area contributed by atoms with Gasteiger partial charge in [-0.3, -0.25) is 0 Å². The van der Waals surface area contributed by atoms with Crippen molar-refractivity contribution in [1.29, 1.82) is 0 Å². The van der Waals surface area contributed by atoms with E-state index >= 15 is 0 Å². The van der Waals surface area contributed by atoms with Gasteiger partial charge in [-0.2, -0.15) is 0 Å². The van der Waals surface area contributed by atoms with E-state index in [2.05, 4.69) is 5.16 Å². The van der Waals surface area contributed by atoms with E-state index in [4.69, 9.17) is 5.21 Å². The van der Waals surface area contributed by atoms with Gasteiger partial charge in [-0.15, -0.1) is 0 Å². The van der Waals surface area contributed by atoms with Crippen LogP contribution in [0.2, 0.25) is 0 Å². The number of oxime groups is 1. The van der Waals surface area contributed by atoms with E-state index in [1.165, 1.54) is 0 Å². The number of nitrogens with zero attached hydrogens (tertiary/aromatic N) is 1. The van der Waals surface area contributed by atoms with Crippen LogP contribution in [0.5, 0.6) is 0 Å². The molecule has 0 saturated carbocycles. The van der Waals surface area contributed by atoms with Gasteiger partial charge in [0, 0.05) is 6.42 Å². The lowest BCUT2D eigenvalue weighted by Gasteiger charge is -1.95. The molecule has 0 radical (unpaired) electrons. The summed E-state index contributed by atoms with van der Waals surface area (Å²) in [6.45, 7) is 0. The Morgan fingerprint density at radius 3 is 2.55 bits per heavy atom. The fourth-order valence-electron chi connectivity index (χ4n) is 0.800. The first-order valence-corrected chi connectivity index (χ1v) is 4.31. The third kappa shape index (κ3) is 2.88. The van der Waals surface area contributed by atoms with Crippen LogP contribution in [0.1, 0.15) is 5.56 Å².